The Kier molecular flexibility index (Phi) is 37.1. The van der Waals surface area contributed by atoms with Crippen LogP contribution in [-0.4, -0.2) is 27.5 Å². The topological polar surface area (TPSA) is 155 Å². The number of para-hydroxylation sites is 1. The normalized spacial score (nSPS) is 5.67. The monoisotopic (exact) mass is 230 g/mol. The van der Waals surface area contributed by atoms with Crippen LogP contribution in [0.5, 0.6) is 5.75 Å². The molecule has 0 aliphatic rings. The number of carboxylic acids is 1. The average Bonchev–Trinajstić information content (AvgIpc) is 1.87. The van der Waals surface area contributed by atoms with Crippen LogP contribution >= 0.6 is 0 Å². The molecule has 0 heterocycles. The Balaban J connectivity index is -0.0000000383. The quantitative estimate of drug-likeness (QED) is 0.442. The molecular weight excluding hydrogens is 215 g/mol. The average molecular weight is 230 g/mol. The Labute approximate surface area is 110 Å². The van der Waals surface area contributed by atoms with Crippen LogP contribution in [0.2, 0.25) is 0 Å². The van der Waals surface area contributed by atoms with Gasteiger partial charge < -0.3 is 31.4 Å². The second kappa shape index (κ2) is 19.0. The van der Waals surface area contributed by atoms with E-state index in [0.29, 0.717) is 5.75 Å². The zero-order chi connectivity index (χ0) is 8.69. The van der Waals surface area contributed by atoms with Crippen LogP contribution in [0.1, 0.15) is 6.92 Å². The van der Waals surface area contributed by atoms with Crippen LogP contribution in [-0.2, 0) is 4.79 Å². The smallest absolute Gasteiger partial charge is 0.550 e. The van der Waals surface area contributed by atoms with Gasteiger partial charge in [0.1, 0.15) is 5.75 Å². The van der Waals surface area contributed by atoms with Crippen molar-refractivity contribution < 1.29 is 61.0 Å². The van der Waals surface area contributed by atoms with E-state index in [2.05, 4.69) is 0 Å². The summed E-state index contributed by atoms with van der Waals surface area (Å²) in [4.78, 5) is 8.89. The molecule has 6 nitrogen and oxygen atoms in total. The number of benzene rings is 1. The Hall–Kier alpha value is -0.630. The molecule has 0 unspecified atom stereocenters. The summed E-state index contributed by atoms with van der Waals surface area (Å²) in [7, 11) is 0. The van der Waals surface area contributed by atoms with Gasteiger partial charge in [-0.3, -0.25) is 0 Å². The first-order chi connectivity index (χ1) is 5.13. The van der Waals surface area contributed by atoms with Crippen LogP contribution in [0.4, 0.5) is 0 Å². The number of hydrogen-bond donors (Lipinski definition) is 1. The van der Waals surface area contributed by atoms with Crippen LogP contribution in [0.25, 0.3) is 0 Å². The number of rotatable bonds is 0. The summed E-state index contributed by atoms with van der Waals surface area (Å²) in [5, 5.41) is 17.5. The molecule has 0 radical (unpaired) electrons. The fourth-order valence-electron chi connectivity index (χ4n) is 0.428. The third kappa shape index (κ3) is 31.8. The molecule has 0 spiro atoms. The van der Waals surface area contributed by atoms with Crippen LogP contribution in [0.15, 0.2) is 30.3 Å². The van der Waals surface area contributed by atoms with E-state index < -0.39 is 5.97 Å². The summed E-state index contributed by atoms with van der Waals surface area (Å²) in [5.74, 6) is -0.762. The van der Waals surface area contributed by atoms with Gasteiger partial charge >= 0.3 is 29.6 Å². The molecule has 0 bridgehead atoms. The maximum Gasteiger partial charge on any atom is 1.00 e. The van der Waals surface area contributed by atoms with Crippen LogP contribution in [0.3, 0.4) is 0 Å². The van der Waals surface area contributed by atoms with Crippen molar-refractivity contribution in [3.63, 3.8) is 0 Å². The van der Waals surface area contributed by atoms with E-state index in [9.17, 15) is 0 Å². The summed E-state index contributed by atoms with van der Waals surface area (Å²) in [5.41, 5.74) is 0. The molecule has 0 aliphatic carbocycles. The molecule has 0 amide bonds. The largest absolute Gasteiger partial charge is 1.00 e. The first-order valence-electron chi connectivity index (χ1n) is 3.04. The second-order valence-corrected chi connectivity index (χ2v) is 1.83. The molecule has 0 aromatic heterocycles. The molecule has 7 N–H and O–H groups in total. The van der Waals surface area contributed by atoms with Crippen LogP contribution in [0, 0.1) is 0 Å². The Morgan fingerprint density at radius 2 is 1.40 bits per heavy atom. The van der Waals surface area contributed by atoms with Crippen molar-refractivity contribution in [2.45, 2.75) is 6.92 Å². The van der Waals surface area contributed by atoms with Gasteiger partial charge in [-0.25, -0.2) is 0 Å². The number of aliphatic carboxylic acids is 1. The van der Waals surface area contributed by atoms with E-state index in [4.69, 9.17) is 15.0 Å². The Bertz CT molecular complexity index is 212. The molecule has 0 saturated heterocycles. The van der Waals surface area contributed by atoms with Crippen molar-refractivity contribution in [1.29, 1.82) is 0 Å². The van der Waals surface area contributed by atoms with Gasteiger partial charge in [0.2, 0.25) is 0 Å². The molecule has 0 fully saturated rings. The molecule has 1 rings (SSSR count). The number of phenols is 1. The first-order valence-corrected chi connectivity index (χ1v) is 3.04. The van der Waals surface area contributed by atoms with E-state index in [1.807, 2.05) is 6.07 Å². The number of carboxylic acid groups (broad SMARTS) is 1. The van der Waals surface area contributed by atoms with Gasteiger partial charge in [-0.05, 0) is 19.1 Å². The van der Waals surface area contributed by atoms with Gasteiger partial charge in [-0.15, -0.1) is 0 Å². The molecule has 0 atom stereocenters. The minimum atomic E-state index is -1.08. The first kappa shape index (κ1) is 29.3. The zero-order valence-corrected chi connectivity index (χ0v) is 10.7. The summed E-state index contributed by atoms with van der Waals surface area (Å²) in [6.45, 7) is 0.972. The van der Waals surface area contributed by atoms with E-state index in [1.165, 1.54) is 0 Å². The van der Waals surface area contributed by atoms with E-state index in [-0.39, 0.29) is 46.0 Å². The predicted octanol–water partition coefficient (Wildman–Crippen LogP) is -5.32. The SMILES string of the molecule is CC(=O)[O-].O.O.O.Oc1ccccc1.[Na+]. The molecule has 15 heavy (non-hydrogen) atoms. The molecule has 84 valence electrons. The maximum atomic E-state index is 8.89. The number of carbonyl (C=O) groups excluding carboxylic acids is 1. The zero-order valence-electron chi connectivity index (χ0n) is 8.65. The van der Waals surface area contributed by atoms with Gasteiger partial charge in [0, 0.05) is 5.97 Å². The third-order valence-electron chi connectivity index (χ3n) is 0.756. The van der Waals surface area contributed by atoms with E-state index in [0.717, 1.165) is 6.92 Å². The van der Waals surface area contributed by atoms with Crippen molar-refractivity contribution in [1.82, 2.24) is 0 Å². The molecular formula is C8H15NaO6. The van der Waals surface area contributed by atoms with Gasteiger partial charge in [-0.2, -0.15) is 0 Å². The fraction of sp³-hybridized carbons (Fsp3) is 0.125. The molecule has 1 aromatic carbocycles. The standard InChI is InChI=1S/C6H6O.C2H4O2.Na.3H2O/c7-6-4-2-1-3-5-6;1-2(3)4;;;;/h1-5,7H;1H3,(H,3,4);;3*1H2/q;;+1;;;/p-1. The van der Waals surface area contributed by atoms with Gasteiger partial charge in [0.25, 0.3) is 0 Å². The Morgan fingerprint density at radius 3 is 1.53 bits per heavy atom. The van der Waals surface area contributed by atoms with Gasteiger partial charge in [0.15, 0.2) is 0 Å². The van der Waals surface area contributed by atoms with Crippen molar-refractivity contribution in [2.75, 3.05) is 0 Å². The number of phenolic OH excluding ortho intramolecular Hbond substituents is 1. The summed E-state index contributed by atoms with van der Waals surface area (Å²) in [6.07, 6.45) is 0. The van der Waals surface area contributed by atoms with E-state index in [1.54, 1.807) is 24.3 Å². The van der Waals surface area contributed by atoms with Crippen molar-refractivity contribution in [3.05, 3.63) is 30.3 Å². The number of hydrogen-bond acceptors (Lipinski definition) is 3. The van der Waals surface area contributed by atoms with E-state index >= 15 is 0 Å². The minimum Gasteiger partial charge on any atom is -0.550 e. The maximum absolute atomic E-state index is 8.89. The summed E-state index contributed by atoms with van der Waals surface area (Å²) < 4.78 is 0. The fourth-order valence-corrected chi connectivity index (χ4v) is 0.428. The van der Waals surface area contributed by atoms with Gasteiger partial charge in [-0.1, -0.05) is 18.2 Å². The van der Waals surface area contributed by atoms with Crippen molar-refractivity contribution in [3.8, 4) is 5.75 Å². The predicted molar refractivity (Wildman–Crippen MR) is 49.6 cm³/mol. The summed E-state index contributed by atoms with van der Waals surface area (Å²) >= 11 is 0. The van der Waals surface area contributed by atoms with Gasteiger partial charge in [0.05, 0.1) is 0 Å². The molecule has 0 aliphatic heterocycles. The van der Waals surface area contributed by atoms with Crippen LogP contribution < -0.4 is 34.7 Å². The van der Waals surface area contributed by atoms with Crippen molar-refractivity contribution in [2.24, 2.45) is 0 Å². The summed E-state index contributed by atoms with van der Waals surface area (Å²) in [6, 6.07) is 8.71. The number of carbonyl (C=O) groups is 1. The van der Waals surface area contributed by atoms with Crippen molar-refractivity contribution >= 4 is 5.97 Å². The molecule has 7 heteroatoms. The Morgan fingerprint density at radius 1 is 1.13 bits per heavy atom. The number of aromatic hydroxyl groups is 1. The minimum absolute atomic E-state index is 0. The molecule has 0 saturated carbocycles. The second-order valence-electron chi connectivity index (χ2n) is 1.83. The molecule has 1 aromatic rings. The third-order valence-corrected chi connectivity index (χ3v) is 0.756.